The van der Waals surface area contributed by atoms with Crippen molar-refractivity contribution in [3.05, 3.63) is 29.8 Å². The molecule has 0 saturated heterocycles. The van der Waals surface area contributed by atoms with Crippen LogP contribution in [0.1, 0.15) is 31.2 Å². The molecule has 1 aromatic rings. The lowest BCUT2D eigenvalue weighted by molar-refractivity contribution is -0.117. The van der Waals surface area contributed by atoms with E-state index in [1.165, 1.54) is 25.7 Å². The van der Waals surface area contributed by atoms with E-state index >= 15 is 0 Å². The third-order valence-corrected chi connectivity index (χ3v) is 3.90. The van der Waals surface area contributed by atoms with Gasteiger partial charge < -0.3 is 11.1 Å². The van der Waals surface area contributed by atoms with Crippen molar-refractivity contribution in [1.29, 1.82) is 0 Å². The third kappa shape index (κ3) is 4.62. The summed E-state index contributed by atoms with van der Waals surface area (Å²) in [5.41, 5.74) is 7.46. The molecule has 0 bridgehead atoms. The summed E-state index contributed by atoms with van der Waals surface area (Å²) in [6.45, 7) is 1.96. The first-order chi connectivity index (χ1) is 9.67. The van der Waals surface area contributed by atoms with Crippen LogP contribution in [0, 0.1) is 5.92 Å². The molecule has 4 heteroatoms. The molecule has 4 nitrogen and oxygen atoms in total. The number of benzene rings is 1. The fourth-order valence-electron chi connectivity index (χ4n) is 2.92. The van der Waals surface area contributed by atoms with Crippen LogP contribution in [0.2, 0.25) is 0 Å². The Morgan fingerprint density at radius 2 is 2.15 bits per heavy atom. The van der Waals surface area contributed by atoms with E-state index < -0.39 is 0 Å². The number of amides is 1. The van der Waals surface area contributed by atoms with E-state index in [0.717, 1.165) is 23.7 Å². The van der Waals surface area contributed by atoms with Gasteiger partial charge in [-0.15, -0.1) is 0 Å². The minimum absolute atomic E-state index is 0.0414. The molecule has 1 aromatic carbocycles. The van der Waals surface area contributed by atoms with Crippen LogP contribution in [0.4, 0.5) is 5.69 Å². The Labute approximate surface area is 121 Å². The molecule has 1 aliphatic carbocycles. The van der Waals surface area contributed by atoms with Crippen molar-refractivity contribution in [2.24, 2.45) is 11.7 Å². The summed E-state index contributed by atoms with van der Waals surface area (Å²) in [5, 5.41) is 2.94. The van der Waals surface area contributed by atoms with Crippen molar-refractivity contribution < 1.29 is 4.79 Å². The van der Waals surface area contributed by atoms with Crippen LogP contribution in [-0.2, 0) is 11.3 Å². The standard InChI is InChI=1S/C16H25N3O/c1-19(11-13-5-2-3-6-13)12-16(20)18-15-8-4-7-14(9-15)10-17/h4,7-9,13H,2-3,5-6,10-12,17H2,1H3,(H,18,20). The largest absolute Gasteiger partial charge is 0.326 e. The van der Waals surface area contributed by atoms with Gasteiger partial charge in [-0.3, -0.25) is 9.69 Å². The maximum Gasteiger partial charge on any atom is 0.238 e. The van der Waals surface area contributed by atoms with Crippen LogP contribution < -0.4 is 11.1 Å². The number of nitrogens with two attached hydrogens (primary N) is 1. The second-order valence-corrected chi connectivity index (χ2v) is 5.80. The van der Waals surface area contributed by atoms with Crippen LogP contribution in [0.15, 0.2) is 24.3 Å². The number of anilines is 1. The van der Waals surface area contributed by atoms with Gasteiger partial charge in [0.1, 0.15) is 0 Å². The van der Waals surface area contributed by atoms with Crippen molar-refractivity contribution in [3.8, 4) is 0 Å². The highest BCUT2D eigenvalue weighted by Gasteiger charge is 2.17. The molecule has 1 fully saturated rings. The van der Waals surface area contributed by atoms with Gasteiger partial charge in [0.25, 0.3) is 0 Å². The van der Waals surface area contributed by atoms with Crippen LogP contribution >= 0.6 is 0 Å². The number of carbonyl (C=O) groups excluding carboxylic acids is 1. The summed E-state index contributed by atoms with van der Waals surface area (Å²) in [6.07, 6.45) is 5.31. The average Bonchev–Trinajstić information content (AvgIpc) is 2.91. The van der Waals surface area contributed by atoms with Gasteiger partial charge in [0.2, 0.25) is 5.91 Å². The fraction of sp³-hybridized carbons (Fsp3) is 0.562. The van der Waals surface area contributed by atoms with Gasteiger partial charge in [-0.1, -0.05) is 25.0 Å². The Morgan fingerprint density at radius 3 is 2.85 bits per heavy atom. The summed E-state index contributed by atoms with van der Waals surface area (Å²) < 4.78 is 0. The van der Waals surface area contributed by atoms with E-state index in [0.29, 0.717) is 13.1 Å². The molecular formula is C16H25N3O. The molecule has 1 aliphatic rings. The zero-order valence-corrected chi connectivity index (χ0v) is 12.3. The summed E-state index contributed by atoms with van der Waals surface area (Å²) in [7, 11) is 2.02. The lowest BCUT2D eigenvalue weighted by Crippen LogP contribution is -2.33. The smallest absolute Gasteiger partial charge is 0.238 e. The number of nitrogens with zero attached hydrogens (tertiary/aromatic N) is 1. The molecule has 20 heavy (non-hydrogen) atoms. The Bertz CT molecular complexity index is 441. The van der Waals surface area contributed by atoms with Gasteiger partial charge >= 0.3 is 0 Å². The van der Waals surface area contributed by atoms with Crippen LogP contribution in [-0.4, -0.2) is 30.9 Å². The van der Waals surface area contributed by atoms with Gasteiger partial charge in [0.15, 0.2) is 0 Å². The number of hydrogen-bond acceptors (Lipinski definition) is 3. The molecule has 0 radical (unpaired) electrons. The predicted octanol–water partition coefficient (Wildman–Crippen LogP) is 2.21. The number of carbonyl (C=O) groups is 1. The van der Waals surface area contributed by atoms with Gasteiger partial charge in [0, 0.05) is 18.8 Å². The van der Waals surface area contributed by atoms with E-state index in [2.05, 4.69) is 10.2 Å². The van der Waals surface area contributed by atoms with E-state index in [4.69, 9.17) is 5.73 Å². The molecule has 0 heterocycles. The highest BCUT2D eigenvalue weighted by atomic mass is 16.2. The minimum atomic E-state index is 0.0414. The monoisotopic (exact) mass is 275 g/mol. The first kappa shape index (κ1) is 15.0. The Hall–Kier alpha value is -1.39. The Morgan fingerprint density at radius 1 is 1.40 bits per heavy atom. The lowest BCUT2D eigenvalue weighted by Gasteiger charge is -2.20. The number of nitrogens with one attached hydrogen (secondary N) is 1. The first-order valence-corrected chi connectivity index (χ1v) is 7.45. The van der Waals surface area contributed by atoms with E-state index in [-0.39, 0.29) is 5.91 Å². The molecule has 1 saturated carbocycles. The van der Waals surface area contributed by atoms with Crippen LogP contribution in [0.5, 0.6) is 0 Å². The zero-order valence-electron chi connectivity index (χ0n) is 12.3. The Balaban J connectivity index is 1.78. The molecule has 0 aromatic heterocycles. The molecule has 110 valence electrons. The second kappa shape index (κ2) is 7.41. The molecule has 1 amide bonds. The van der Waals surface area contributed by atoms with Crippen molar-refractivity contribution >= 4 is 11.6 Å². The molecule has 0 spiro atoms. The normalized spacial score (nSPS) is 15.8. The predicted molar refractivity (Wildman–Crippen MR) is 82.4 cm³/mol. The maximum absolute atomic E-state index is 12.0. The minimum Gasteiger partial charge on any atom is -0.326 e. The van der Waals surface area contributed by atoms with Gasteiger partial charge in [-0.2, -0.15) is 0 Å². The number of likely N-dealkylation sites (N-methyl/N-ethyl adjacent to an activating group) is 1. The average molecular weight is 275 g/mol. The van der Waals surface area contributed by atoms with E-state index in [1.807, 2.05) is 31.3 Å². The SMILES string of the molecule is CN(CC(=O)Nc1cccc(CN)c1)CC1CCCC1. The fourth-order valence-corrected chi connectivity index (χ4v) is 2.92. The quantitative estimate of drug-likeness (QED) is 0.837. The van der Waals surface area contributed by atoms with E-state index in [9.17, 15) is 4.79 Å². The lowest BCUT2D eigenvalue weighted by atomic mass is 10.1. The molecule has 0 unspecified atom stereocenters. The molecular weight excluding hydrogens is 250 g/mol. The molecule has 0 aliphatic heterocycles. The number of hydrogen-bond donors (Lipinski definition) is 2. The highest BCUT2D eigenvalue weighted by molar-refractivity contribution is 5.92. The van der Waals surface area contributed by atoms with Crippen LogP contribution in [0.3, 0.4) is 0 Å². The van der Waals surface area contributed by atoms with E-state index in [1.54, 1.807) is 0 Å². The third-order valence-electron chi connectivity index (χ3n) is 3.90. The summed E-state index contributed by atoms with van der Waals surface area (Å²) in [4.78, 5) is 14.1. The summed E-state index contributed by atoms with van der Waals surface area (Å²) in [5.74, 6) is 0.813. The maximum atomic E-state index is 12.0. The first-order valence-electron chi connectivity index (χ1n) is 7.45. The topological polar surface area (TPSA) is 58.4 Å². The zero-order chi connectivity index (χ0) is 14.4. The summed E-state index contributed by atoms with van der Waals surface area (Å²) >= 11 is 0. The van der Waals surface area contributed by atoms with Gasteiger partial charge in [-0.25, -0.2) is 0 Å². The molecule has 0 atom stereocenters. The Kier molecular flexibility index (Phi) is 5.56. The molecule has 2 rings (SSSR count). The number of rotatable bonds is 6. The molecule has 3 N–H and O–H groups in total. The van der Waals surface area contributed by atoms with Crippen molar-refractivity contribution in [1.82, 2.24) is 4.90 Å². The van der Waals surface area contributed by atoms with Crippen molar-refractivity contribution in [3.63, 3.8) is 0 Å². The second-order valence-electron chi connectivity index (χ2n) is 5.80. The summed E-state index contributed by atoms with van der Waals surface area (Å²) in [6, 6.07) is 7.70. The highest BCUT2D eigenvalue weighted by Crippen LogP contribution is 2.25. The van der Waals surface area contributed by atoms with Gasteiger partial charge in [0.05, 0.1) is 6.54 Å². The van der Waals surface area contributed by atoms with Crippen molar-refractivity contribution in [2.75, 3.05) is 25.5 Å². The van der Waals surface area contributed by atoms with Crippen molar-refractivity contribution in [2.45, 2.75) is 32.2 Å². The van der Waals surface area contributed by atoms with Crippen LogP contribution in [0.25, 0.3) is 0 Å². The van der Waals surface area contributed by atoms with Gasteiger partial charge in [-0.05, 0) is 43.5 Å².